The zero-order chi connectivity index (χ0) is 19.5. The fraction of sp³-hybridized carbons (Fsp3) is 0.174. The molecule has 0 atom stereocenters. The van der Waals surface area contributed by atoms with Gasteiger partial charge in [0, 0.05) is 18.1 Å². The van der Waals surface area contributed by atoms with Crippen LogP contribution in [0.3, 0.4) is 0 Å². The third-order valence-corrected chi connectivity index (χ3v) is 4.87. The van der Waals surface area contributed by atoms with Crippen molar-refractivity contribution >= 4 is 5.65 Å². The largest absolute Gasteiger partial charge is 0.493 e. The van der Waals surface area contributed by atoms with E-state index in [0.717, 1.165) is 40.8 Å². The minimum atomic E-state index is 0.150. The third kappa shape index (κ3) is 3.21. The summed E-state index contributed by atoms with van der Waals surface area (Å²) in [7, 11) is 0. The molecular formula is C23H20N4O. The number of fused-ring (bicyclic) bond motifs is 1. The van der Waals surface area contributed by atoms with Gasteiger partial charge in [0.1, 0.15) is 0 Å². The average molecular weight is 368 g/mol. The van der Waals surface area contributed by atoms with E-state index in [1.54, 1.807) is 12.3 Å². The Kier molecular flexibility index (Phi) is 4.77. The smallest absolute Gasteiger partial charge is 0.219 e. The molecule has 5 heteroatoms. The van der Waals surface area contributed by atoms with Gasteiger partial charge in [-0.05, 0) is 29.2 Å². The van der Waals surface area contributed by atoms with Crippen LogP contribution in [0, 0.1) is 11.3 Å². The van der Waals surface area contributed by atoms with Gasteiger partial charge in [0.15, 0.2) is 5.65 Å². The van der Waals surface area contributed by atoms with Crippen molar-refractivity contribution < 1.29 is 5.11 Å². The van der Waals surface area contributed by atoms with Gasteiger partial charge in [0.05, 0.1) is 23.5 Å². The molecule has 0 bridgehead atoms. The van der Waals surface area contributed by atoms with Crippen molar-refractivity contribution in [1.29, 1.82) is 5.26 Å². The van der Waals surface area contributed by atoms with Crippen molar-refractivity contribution in [2.75, 3.05) is 0 Å². The second-order valence-corrected chi connectivity index (χ2v) is 6.74. The highest BCUT2D eigenvalue weighted by Gasteiger charge is 2.15. The maximum atomic E-state index is 10.7. The molecule has 2 aromatic heterocycles. The Balaban J connectivity index is 1.69. The monoisotopic (exact) mass is 368 g/mol. The molecule has 0 aliphatic heterocycles. The van der Waals surface area contributed by atoms with E-state index in [1.807, 2.05) is 48.5 Å². The van der Waals surface area contributed by atoms with Gasteiger partial charge in [-0.1, -0.05) is 55.8 Å². The molecular weight excluding hydrogens is 348 g/mol. The summed E-state index contributed by atoms with van der Waals surface area (Å²) >= 11 is 0. The van der Waals surface area contributed by atoms with Gasteiger partial charge in [0.25, 0.3) is 0 Å². The Hall–Kier alpha value is -3.65. The van der Waals surface area contributed by atoms with Gasteiger partial charge in [-0.25, -0.2) is 4.98 Å². The van der Waals surface area contributed by atoms with Crippen LogP contribution in [0.5, 0.6) is 5.88 Å². The number of aromatic hydroxyl groups is 1. The summed E-state index contributed by atoms with van der Waals surface area (Å²) in [5, 5.41) is 24.2. The van der Waals surface area contributed by atoms with Crippen LogP contribution in [0.1, 0.15) is 35.7 Å². The highest BCUT2D eigenvalue weighted by molar-refractivity contribution is 5.70. The Labute approximate surface area is 163 Å². The molecule has 0 saturated heterocycles. The van der Waals surface area contributed by atoms with Crippen LogP contribution in [-0.2, 0) is 12.8 Å². The second kappa shape index (κ2) is 7.53. The molecule has 0 saturated carbocycles. The van der Waals surface area contributed by atoms with Gasteiger partial charge in [-0.2, -0.15) is 14.9 Å². The zero-order valence-corrected chi connectivity index (χ0v) is 15.6. The fourth-order valence-electron chi connectivity index (χ4n) is 3.47. The number of aryl methyl sites for hydroxylation is 1. The topological polar surface area (TPSA) is 74.2 Å². The summed E-state index contributed by atoms with van der Waals surface area (Å²) in [6.07, 6.45) is 3.97. The molecule has 0 spiro atoms. The lowest BCUT2D eigenvalue weighted by molar-refractivity contribution is 0.427. The van der Waals surface area contributed by atoms with Crippen molar-refractivity contribution in [2.24, 2.45) is 0 Å². The number of hydrogen-bond donors (Lipinski definition) is 1. The number of hydrogen-bond acceptors (Lipinski definition) is 4. The normalized spacial score (nSPS) is 10.9. The molecule has 1 N–H and O–H groups in total. The van der Waals surface area contributed by atoms with Gasteiger partial charge in [-0.3, -0.25) is 0 Å². The van der Waals surface area contributed by atoms with Crippen molar-refractivity contribution in [1.82, 2.24) is 14.6 Å². The standard InChI is InChI=1S/C23H20N4O/c1-2-5-21-20(23(28)27-22(26-21)12-13-25-27)14-16-8-10-17(11-9-16)19-7-4-3-6-18(19)15-24/h3-4,6-13,28H,2,5,14H2,1H3. The predicted octanol–water partition coefficient (Wildman–Crippen LogP) is 4.52. The van der Waals surface area contributed by atoms with E-state index in [2.05, 4.69) is 23.1 Å². The Morgan fingerprint density at radius 1 is 1.07 bits per heavy atom. The SMILES string of the molecule is CCCc1nc2ccnn2c(O)c1Cc1ccc(-c2ccccc2C#N)cc1. The zero-order valence-electron chi connectivity index (χ0n) is 15.6. The first-order chi connectivity index (χ1) is 13.7. The van der Waals surface area contributed by atoms with Crippen LogP contribution in [0.15, 0.2) is 60.8 Å². The van der Waals surface area contributed by atoms with Gasteiger partial charge >= 0.3 is 0 Å². The van der Waals surface area contributed by atoms with Crippen LogP contribution in [0.4, 0.5) is 0 Å². The lowest BCUT2D eigenvalue weighted by atomic mass is 9.97. The summed E-state index contributed by atoms with van der Waals surface area (Å²) in [5.41, 5.74) is 6.03. The van der Waals surface area contributed by atoms with Crippen molar-refractivity contribution in [3.8, 4) is 23.1 Å². The highest BCUT2D eigenvalue weighted by Crippen LogP contribution is 2.27. The lowest BCUT2D eigenvalue weighted by Gasteiger charge is -2.12. The summed E-state index contributed by atoms with van der Waals surface area (Å²) in [5.74, 6) is 0.150. The summed E-state index contributed by atoms with van der Waals surface area (Å²) < 4.78 is 1.48. The second-order valence-electron chi connectivity index (χ2n) is 6.74. The Morgan fingerprint density at radius 3 is 2.61 bits per heavy atom. The quantitative estimate of drug-likeness (QED) is 0.562. The Morgan fingerprint density at radius 2 is 1.86 bits per heavy atom. The third-order valence-electron chi connectivity index (χ3n) is 4.87. The van der Waals surface area contributed by atoms with Gasteiger partial charge in [0.2, 0.25) is 5.88 Å². The minimum absolute atomic E-state index is 0.150. The summed E-state index contributed by atoms with van der Waals surface area (Å²) in [6.45, 7) is 2.10. The number of benzene rings is 2. The first-order valence-electron chi connectivity index (χ1n) is 9.34. The Bertz CT molecular complexity index is 1170. The van der Waals surface area contributed by atoms with Crippen LogP contribution >= 0.6 is 0 Å². The van der Waals surface area contributed by atoms with E-state index < -0.39 is 0 Å². The summed E-state index contributed by atoms with van der Waals surface area (Å²) in [4.78, 5) is 4.67. The number of aromatic nitrogens is 3. The molecule has 0 aliphatic carbocycles. The van der Waals surface area contributed by atoms with Crippen LogP contribution in [0.2, 0.25) is 0 Å². The molecule has 0 aliphatic rings. The fourth-order valence-corrected chi connectivity index (χ4v) is 3.47. The van der Waals surface area contributed by atoms with Crippen molar-refractivity contribution in [3.05, 3.63) is 83.2 Å². The van der Waals surface area contributed by atoms with E-state index in [-0.39, 0.29) is 5.88 Å². The van der Waals surface area contributed by atoms with Crippen molar-refractivity contribution in [2.45, 2.75) is 26.2 Å². The number of nitriles is 1. The molecule has 4 aromatic rings. The van der Waals surface area contributed by atoms with Crippen molar-refractivity contribution in [3.63, 3.8) is 0 Å². The van der Waals surface area contributed by atoms with E-state index in [9.17, 15) is 10.4 Å². The number of rotatable bonds is 5. The summed E-state index contributed by atoms with van der Waals surface area (Å²) in [6, 6.07) is 19.7. The van der Waals surface area contributed by atoms with Crippen LogP contribution < -0.4 is 0 Å². The molecule has 138 valence electrons. The van der Waals surface area contributed by atoms with Crippen LogP contribution in [0.25, 0.3) is 16.8 Å². The van der Waals surface area contributed by atoms with E-state index >= 15 is 0 Å². The first-order valence-corrected chi connectivity index (χ1v) is 9.34. The number of nitrogens with zero attached hydrogens (tertiary/aromatic N) is 4. The molecule has 2 aromatic carbocycles. The average Bonchev–Trinajstić information content (AvgIpc) is 3.20. The molecule has 0 unspecified atom stereocenters. The minimum Gasteiger partial charge on any atom is -0.493 e. The highest BCUT2D eigenvalue weighted by atomic mass is 16.3. The molecule has 0 fully saturated rings. The molecule has 5 nitrogen and oxygen atoms in total. The van der Waals surface area contributed by atoms with Crippen LogP contribution in [-0.4, -0.2) is 19.7 Å². The molecule has 0 radical (unpaired) electrons. The lowest BCUT2D eigenvalue weighted by Crippen LogP contribution is -2.05. The molecule has 2 heterocycles. The van der Waals surface area contributed by atoms with E-state index in [0.29, 0.717) is 17.6 Å². The predicted molar refractivity (Wildman–Crippen MR) is 108 cm³/mol. The van der Waals surface area contributed by atoms with Gasteiger partial charge < -0.3 is 5.11 Å². The maximum Gasteiger partial charge on any atom is 0.219 e. The van der Waals surface area contributed by atoms with Gasteiger partial charge in [-0.15, -0.1) is 0 Å². The molecule has 28 heavy (non-hydrogen) atoms. The molecule has 4 rings (SSSR count). The maximum absolute atomic E-state index is 10.7. The molecule has 0 amide bonds. The first kappa shape index (κ1) is 17.7. The van der Waals surface area contributed by atoms with E-state index in [1.165, 1.54) is 4.52 Å². The van der Waals surface area contributed by atoms with E-state index in [4.69, 9.17) is 0 Å².